The first kappa shape index (κ1) is 17.2. The highest BCUT2D eigenvalue weighted by molar-refractivity contribution is 7.90. The van der Waals surface area contributed by atoms with Crippen molar-refractivity contribution in [1.29, 1.82) is 0 Å². The monoisotopic (exact) mass is 356 g/mol. The summed E-state index contributed by atoms with van der Waals surface area (Å²) in [6.07, 6.45) is 3.07. The fourth-order valence-corrected chi connectivity index (χ4v) is 3.44. The van der Waals surface area contributed by atoms with Gasteiger partial charge in [-0.1, -0.05) is 30.3 Å². The molecule has 0 aliphatic carbocycles. The molecular weight excluding hydrogens is 336 g/mol. The first-order valence-corrected chi connectivity index (χ1v) is 9.87. The van der Waals surface area contributed by atoms with E-state index in [4.69, 9.17) is 0 Å². The van der Waals surface area contributed by atoms with Gasteiger partial charge in [-0.15, -0.1) is 0 Å². The van der Waals surface area contributed by atoms with E-state index in [2.05, 4.69) is 5.32 Å². The van der Waals surface area contributed by atoms with E-state index in [-0.39, 0.29) is 23.4 Å². The first-order valence-electron chi connectivity index (χ1n) is 7.98. The summed E-state index contributed by atoms with van der Waals surface area (Å²) in [4.78, 5) is 12.6. The summed E-state index contributed by atoms with van der Waals surface area (Å²) in [6, 6.07) is 16.3. The molecule has 3 rings (SSSR count). The third kappa shape index (κ3) is 3.91. The van der Waals surface area contributed by atoms with Crippen molar-refractivity contribution in [3.63, 3.8) is 0 Å². The summed E-state index contributed by atoms with van der Waals surface area (Å²) in [7, 11) is -3.21. The Morgan fingerprint density at radius 2 is 1.76 bits per heavy atom. The molecule has 0 spiro atoms. The van der Waals surface area contributed by atoms with E-state index in [1.54, 1.807) is 24.3 Å². The Bertz CT molecular complexity index is 1000. The fourth-order valence-electron chi connectivity index (χ4n) is 2.81. The summed E-state index contributed by atoms with van der Waals surface area (Å²) in [5.41, 5.74) is 1.88. The van der Waals surface area contributed by atoms with E-state index >= 15 is 0 Å². The molecule has 25 heavy (non-hydrogen) atoms. The second kappa shape index (κ2) is 6.72. The minimum absolute atomic E-state index is 0.0963. The summed E-state index contributed by atoms with van der Waals surface area (Å²) in [6.45, 7) is 2.11. The molecular formula is C19H20N2O3S. The van der Waals surface area contributed by atoms with Gasteiger partial charge in [0, 0.05) is 18.0 Å². The lowest BCUT2D eigenvalue weighted by Gasteiger charge is -2.15. The largest absolute Gasteiger partial charge is 0.348 e. The van der Waals surface area contributed by atoms with E-state index in [0.717, 1.165) is 16.5 Å². The van der Waals surface area contributed by atoms with Gasteiger partial charge in [-0.2, -0.15) is 0 Å². The number of carbonyl (C=O) groups is 1. The molecule has 0 saturated heterocycles. The van der Waals surface area contributed by atoms with Crippen LogP contribution >= 0.6 is 0 Å². The van der Waals surface area contributed by atoms with E-state index in [0.29, 0.717) is 0 Å². The number of para-hydroxylation sites is 1. The molecule has 130 valence electrons. The number of benzene rings is 2. The third-order valence-electron chi connectivity index (χ3n) is 4.18. The molecule has 1 atom stereocenters. The summed E-state index contributed by atoms with van der Waals surface area (Å²) in [5, 5.41) is 4.05. The molecule has 0 bridgehead atoms. The van der Waals surface area contributed by atoms with Crippen molar-refractivity contribution in [2.45, 2.75) is 24.4 Å². The highest BCUT2D eigenvalue weighted by Gasteiger charge is 2.13. The summed E-state index contributed by atoms with van der Waals surface area (Å²) in [5.74, 6) is -0.0963. The molecule has 2 aromatic carbocycles. The summed E-state index contributed by atoms with van der Waals surface area (Å²) < 4.78 is 24.9. The highest BCUT2D eigenvalue weighted by atomic mass is 32.2. The number of rotatable bonds is 5. The van der Waals surface area contributed by atoms with Gasteiger partial charge in [0.1, 0.15) is 6.54 Å². The molecule has 1 unspecified atom stereocenters. The number of sulfone groups is 1. The van der Waals surface area contributed by atoms with Crippen LogP contribution in [0.5, 0.6) is 0 Å². The Labute approximate surface area is 147 Å². The maximum absolute atomic E-state index is 12.3. The van der Waals surface area contributed by atoms with Crippen molar-refractivity contribution < 1.29 is 13.2 Å². The zero-order valence-corrected chi connectivity index (χ0v) is 15.0. The van der Waals surface area contributed by atoms with Crippen LogP contribution in [-0.2, 0) is 21.2 Å². The van der Waals surface area contributed by atoms with Gasteiger partial charge >= 0.3 is 0 Å². The quantitative estimate of drug-likeness (QED) is 0.764. The SMILES string of the molecule is CC(NC(=O)Cn1ccc2ccccc21)c1ccc(S(C)(=O)=O)cc1. The molecule has 0 saturated carbocycles. The van der Waals surface area contributed by atoms with Gasteiger partial charge in [-0.25, -0.2) is 8.42 Å². The minimum atomic E-state index is -3.21. The Morgan fingerprint density at radius 1 is 1.08 bits per heavy atom. The highest BCUT2D eigenvalue weighted by Crippen LogP contribution is 2.17. The van der Waals surface area contributed by atoms with E-state index in [1.807, 2.05) is 48.0 Å². The van der Waals surface area contributed by atoms with Crippen molar-refractivity contribution in [3.8, 4) is 0 Å². The Hall–Kier alpha value is -2.60. The molecule has 5 nitrogen and oxygen atoms in total. The van der Waals surface area contributed by atoms with Crippen LogP contribution in [0.15, 0.2) is 65.7 Å². The second-order valence-electron chi connectivity index (χ2n) is 6.13. The Balaban J connectivity index is 1.68. The van der Waals surface area contributed by atoms with Crippen LogP contribution in [0, 0.1) is 0 Å². The third-order valence-corrected chi connectivity index (χ3v) is 5.31. The average Bonchev–Trinajstić information content (AvgIpc) is 2.97. The lowest BCUT2D eigenvalue weighted by Crippen LogP contribution is -2.29. The van der Waals surface area contributed by atoms with Crippen LogP contribution in [-0.4, -0.2) is 25.1 Å². The van der Waals surface area contributed by atoms with Crippen LogP contribution in [0.2, 0.25) is 0 Å². The van der Waals surface area contributed by atoms with Crippen LogP contribution in [0.3, 0.4) is 0 Å². The fraction of sp³-hybridized carbons (Fsp3) is 0.211. The van der Waals surface area contributed by atoms with Gasteiger partial charge in [0.2, 0.25) is 5.91 Å². The number of hydrogen-bond acceptors (Lipinski definition) is 3. The van der Waals surface area contributed by atoms with Gasteiger partial charge in [-0.3, -0.25) is 4.79 Å². The minimum Gasteiger partial charge on any atom is -0.348 e. The molecule has 0 aliphatic heterocycles. The van der Waals surface area contributed by atoms with Crippen LogP contribution in [0.25, 0.3) is 10.9 Å². The average molecular weight is 356 g/mol. The maximum atomic E-state index is 12.3. The maximum Gasteiger partial charge on any atom is 0.240 e. The zero-order valence-electron chi connectivity index (χ0n) is 14.1. The number of nitrogens with one attached hydrogen (secondary N) is 1. The van der Waals surface area contributed by atoms with Crippen molar-refractivity contribution >= 4 is 26.6 Å². The first-order chi connectivity index (χ1) is 11.8. The van der Waals surface area contributed by atoms with Crippen LogP contribution < -0.4 is 5.32 Å². The number of nitrogens with zero attached hydrogens (tertiary/aromatic N) is 1. The Morgan fingerprint density at radius 3 is 2.44 bits per heavy atom. The number of fused-ring (bicyclic) bond motifs is 1. The van der Waals surface area contributed by atoms with Gasteiger partial charge in [0.25, 0.3) is 0 Å². The van der Waals surface area contributed by atoms with E-state index < -0.39 is 9.84 Å². The van der Waals surface area contributed by atoms with Gasteiger partial charge in [0.15, 0.2) is 9.84 Å². The van der Waals surface area contributed by atoms with Crippen LogP contribution in [0.4, 0.5) is 0 Å². The molecule has 0 aliphatic rings. The second-order valence-corrected chi connectivity index (χ2v) is 8.15. The van der Waals surface area contributed by atoms with Crippen molar-refractivity contribution in [1.82, 2.24) is 9.88 Å². The molecule has 3 aromatic rings. The normalized spacial score (nSPS) is 12.9. The number of hydrogen-bond donors (Lipinski definition) is 1. The molecule has 1 aromatic heterocycles. The topological polar surface area (TPSA) is 68.2 Å². The number of carbonyl (C=O) groups excluding carboxylic acids is 1. The predicted octanol–water partition coefficient (Wildman–Crippen LogP) is 2.92. The molecule has 1 heterocycles. The van der Waals surface area contributed by atoms with Crippen molar-refractivity contribution in [2.75, 3.05) is 6.26 Å². The molecule has 6 heteroatoms. The lowest BCUT2D eigenvalue weighted by atomic mass is 10.1. The summed E-state index contributed by atoms with van der Waals surface area (Å²) >= 11 is 0. The number of amides is 1. The molecule has 0 fully saturated rings. The standard InChI is InChI=1S/C19H20N2O3S/c1-14(15-7-9-17(10-8-15)25(2,23)24)20-19(22)13-21-12-11-16-5-3-4-6-18(16)21/h3-12,14H,13H2,1-2H3,(H,20,22). The Kier molecular flexibility index (Phi) is 4.63. The smallest absolute Gasteiger partial charge is 0.240 e. The lowest BCUT2D eigenvalue weighted by molar-refractivity contribution is -0.122. The van der Waals surface area contributed by atoms with Crippen LogP contribution in [0.1, 0.15) is 18.5 Å². The van der Waals surface area contributed by atoms with Gasteiger partial charge in [0.05, 0.1) is 10.9 Å². The molecule has 1 N–H and O–H groups in total. The van der Waals surface area contributed by atoms with Crippen molar-refractivity contribution in [2.24, 2.45) is 0 Å². The zero-order chi connectivity index (χ0) is 18.0. The molecule has 0 radical (unpaired) electrons. The van der Waals surface area contributed by atoms with Gasteiger partial charge in [-0.05, 0) is 42.1 Å². The predicted molar refractivity (Wildman–Crippen MR) is 98.0 cm³/mol. The van der Waals surface area contributed by atoms with Gasteiger partial charge < -0.3 is 9.88 Å². The van der Waals surface area contributed by atoms with Crippen molar-refractivity contribution in [3.05, 3.63) is 66.4 Å². The van der Waals surface area contributed by atoms with E-state index in [1.165, 1.54) is 6.26 Å². The number of aromatic nitrogens is 1. The molecule has 1 amide bonds. The van der Waals surface area contributed by atoms with E-state index in [9.17, 15) is 13.2 Å².